The molecule has 0 aliphatic carbocycles. The van der Waals surface area contributed by atoms with Gasteiger partial charge >= 0.3 is 10.4 Å². The number of hydrogen-bond donors (Lipinski definition) is 2. The van der Waals surface area contributed by atoms with Gasteiger partial charge in [0.2, 0.25) is 0 Å². The van der Waals surface area contributed by atoms with Crippen molar-refractivity contribution in [3.63, 3.8) is 0 Å². The molecule has 0 spiro atoms. The second kappa shape index (κ2) is 10.5. The van der Waals surface area contributed by atoms with Gasteiger partial charge in [0.1, 0.15) is 0 Å². The van der Waals surface area contributed by atoms with Crippen LogP contribution in [0, 0.1) is 0 Å². The fourth-order valence-electron chi connectivity index (χ4n) is 2.10. The first kappa shape index (κ1) is 19.8. The van der Waals surface area contributed by atoms with Crippen molar-refractivity contribution in [2.75, 3.05) is 13.2 Å². The molecule has 0 aliphatic heterocycles. The van der Waals surface area contributed by atoms with Crippen molar-refractivity contribution in [3.8, 4) is 0 Å². The van der Waals surface area contributed by atoms with Crippen LogP contribution in [0.2, 0.25) is 0 Å². The molecule has 122 valence electrons. The highest BCUT2D eigenvalue weighted by Crippen LogP contribution is 2.15. The summed E-state index contributed by atoms with van der Waals surface area (Å²) >= 11 is 0. The maximum Gasteiger partial charge on any atom is 0.397 e. The zero-order valence-electron chi connectivity index (χ0n) is 13.2. The van der Waals surface area contributed by atoms with E-state index < -0.39 is 10.4 Å². The Morgan fingerprint density at radius 3 is 2.25 bits per heavy atom. The first-order chi connectivity index (χ1) is 9.27. The number of unbranched alkanes of at least 4 members (excludes halogenated alkanes) is 5. The molecule has 5 nitrogen and oxygen atoms in total. The van der Waals surface area contributed by atoms with Crippen molar-refractivity contribution < 1.29 is 17.2 Å². The monoisotopic (exact) mass is 309 g/mol. The number of nitrogens with one attached hydrogen (secondary N) is 1. The van der Waals surface area contributed by atoms with Crippen LogP contribution in [0.25, 0.3) is 0 Å². The summed E-state index contributed by atoms with van der Waals surface area (Å²) in [7, 11) is -4.29. The molecule has 0 unspecified atom stereocenters. The molecule has 2 N–H and O–H groups in total. The quantitative estimate of drug-likeness (QED) is 0.403. The summed E-state index contributed by atoms with van der Waals surface area (Å²) in [4.78, 5) is 0. The first-order valence-electron chi connectivity index (χ1n) is 7.64. The molecule has 0 aromatic heterocycles. The van der Waals surface area contributed by atoms with Gasteiger partial charge in [-0.05, 0) is 33.2 Å². The molecule has 0 aromatic rings. The maximum atomic E-state index is 10.4. The SMILES string of the molecule is CCCCCCCCC(C)(C)NCCCOS(=O)(=O)O. The molecule has 0 saturated heterocycles. The van der Waals surface area contributed by atoms with Crippen LogP contribution < -0.4 is 5.32 Å². The van der Waals surface area contributed by atoms with Gasteiger partial charge in [0.25, 0.3) is 0 Å². The zero-order valence-corrected chi connectivity index (χ0v) is 14.0. The lowest BCUT2D eigenvalue weighted by Gasteiger charge is -2.26. The fraction of sp³-hybridized carbons (Fsp3) is 1.00. The Balaban J connectivity index is 3.54. The third-order valence-corrected chi connectivity index (χ3v) is 3.78. The summed E-state index contributed by atoms with van der Waals surface area (Å²) in [6.45, 7) is 7.22. The summed E-state index contributed by atoms with van der Waals surface area (Å²) in [6.07, 6.45) is 9.40. The molecule has 0 aromatic carbocycles. The summed E-state index contributed by atoms with van der Waals surface area (Å²) in [6, 6.07) is 0. The van der Waals surface area contributed by atoms with Gasteiger partial charge in [0.05, 0.1) is 6.61 Å². The van der Waals surface area contributed by atoms with E-state index in [-0.39, 0.29) is 12.1 Å². The maximum absolute atomic E-state index is 10.4. The van der Waals surface area contributed by atoms with Crippen molar-refractivity contribution >= 4 is 10.4 Å². The van der Waals surface area contributed by atoms with Crippen molar-refractivity contribution in [2.45, 2.75) is 77.7 Å². The van der Waals surface area contributed by atoms with Crippen LogP contribution in [0.3, 0.4) is 0 Å². The summed E-state index contributed by atoms with van der Waals surface area (Å²) < 4.78 is 33.4. The van der Waals surface area contributed by atoms with E-state index in [2.05, 4.69) is 30.3 Å². The molecular weight excluding hydrogens is 278 g/mol. The van der Waals surface area contributed by atoms with Crippen LogP contribution >= 0.6 is 0 Å². The van der Waals surface area contributed by atoms with Gasteiger partial charge in [-0.25, -0.2) is 4.18 Å². The molecule has 0 radical (unpaired) electrons. The Hall–Kier alpha value is -0.170. The molecule has 0 bridgehead atoms. The third-order valence-electron chi connectivity index (χ3n) is 3.31. The molecule has 0 atom stereocenters. The van der Waals surface area contributed by atoms with E-state index >= 15 is 0 Å². The summed E-state index contributed by atoms with van der Waals surface area (Å²) in [5, 5.41) is 3.39. The summed E-state index contributed by atoms with van der Waals surface area (Å²) in [5.74, 6) is 0. The van der Waals surface area contributed by atoms with E-state index in [9.17, 15) is 8.42 Å². The standard InChI is InChI=1S/C14H31NO4S/c1-4-5-6-7-8-9-11-14(2,3)15-12-10-13-19-20(16,17)18/h15H,4-13H2,1-3H3,(H,16,17,18). The molecule has 0 amide bonds. The van der Waals surface area contributed by atoms with E-state index in [1.54, 1.807) is 0 Å². The lowest BCUT2D eigenvalue weighted by molar-refractivity contribution is 0.255. The Labute approximate surface area is 124 Å². The topological polar surface area (TPSA) is 75.6 Å². The minimum Gasteiger partial charge on any atom is -0.312 e. The third kappa shape index (κ3) is 14.2. The first-order valence-corrected chi connectivity index (χ1v) is 9.00. The number of hydrogen-bond acceptors (Lipinski definition) is 4. The molecule has 0 fully saturated rings. The van der Waals surface area contributed by atoms with E-state index in [1.807, 2.05) is 0 Å². The van der Waals surface area contributed by atoms with Gasteiger partial charge in [-0.2, -0.15) is 8.42 Å². The molecule has 0 saturated carbocycles. The zero-order chi connectivity index (χ0) is 15.5. The average Bonchev–Trinajstić information content (AvgIpc) is 2.31. The predicted molar refractivity (Wildman–Crippen MR) is 82.2 cm³/mol. The smallest absolute Gasteiger partial charge is 0.312 e. The normalized spacial score (nSPS) is 12.8. The lowest BCUT2D eigenvalue weighted by Crippen LogP contribution is -2.40. The van der Waals surface area contributed by atoms with Crippen LogP contribution in [-0.4, -0.2) is 31.7 Å². The second-order valence-electron chi connectivity index (χ2n) is 5.93. The van der Waals surface area contributed by atoms with E-state index in [1.165, 1.54) is 38.5 Å². The Kier molecular flexibility index (Phi) is 10.5. The highest BCUT2D eigenvalue weighted by Gasteiger charge is 2.15. The van der Waals surface area contributed by atoms with Crippen LogP contribution in [0.15, 0.2) is 0 Å². The van der Waals surface area contributed by atoms with Crippen LogP contribution in [0.5, 0.6) is 0 Å². The van der Waals surface area contributed by atoms with Gasteiger partial charge in [0, 0.05) is 5.54 Å². The Bertz CT molecular complexity index is 328. The van der Waals surface area contributed by atoms with Crippen LogP contribution in [-0.2, 0) is 14.6 Å². The molecule has 0 aliphatic rings. The van der Waals surface area contributed by atoms with E-state index in [4.69, 9.17) is 4.55 Å². The van der Waals surface area contributed by atoms with Crippen molar-refractivity contribution in [1.82, 2.24) is 5.32 Å². The minimum absolute atomic E-state index is 0.0128. The van der Waals surface area contributed by atoms with Crippen LogP contribution in [0.4, 0.5) is 0 Å². The molecule has 6 heteroatoms. The highest BCUT2D eigenvalue weighted by molar-refractivity contribution is 7.80. The van der Waals surface area contributed by atoms with Crippen LogP contribution in [0.1, 0.15) is 72.1 Å². The fourth-order valence-corrected chi connectivity index (χ4v) is 2.43. The number of rotatable bonds is 13. The van der Waals surface area contributed by atoms with Gasteiger partial charge in [0.15, 0.2) is 0 Å². The van der Waals surface area contributed by atoms with Gasteiger partial charge < -0.3 is 5.32 Å². The predicted octanol–water partition coefficient (Wildman–Crippen LogP) is 3.31. The average molecular weight is 309 g/mol. The van der Waals surface area contributed by atoms with Crippen molar-refractivity contribution in [2.24, 2.45) is 0 Å². The van der Waals surface area contributed by atoms with Gasteiger partial charge in [-0.3, -0.25) is 4.55 Å². The molecular formula is C14H31NO4S. The summed E-state index contributed by atoms with van der Waals surface area (Å²) in [5.41, 5.74) is 0.0584. The van der Waals surface area contributed by atoms with Crippen molar-refractivity contribution in [3.05, 3.63) is 0 Å². The minimum atomic E-state index is -4.29. The highest BCUT2D eigenvalue weighted by atomic mass is 32.3. The Morgan fingerprint density at radius 1 is 1.05 bits per heavy atom. The Morgan fingerprint density at radius 2 is 1.65 bits per heavy atom. The van der Waals surface area contributed by atoms with E-state index in [0.717, 1.165) is 6.42 Å². The molecule has 20 heavy (non-hydrogen) atoms. The van der Waals surface area contributed by atoms with Crippen molar-refractivity contribution in [1.29, 1.82) is 0 Å². The second-order valence-corrected chi connectivity index (χ2v) is 7.02. The lowest BCUT2D eigenvalue weighted by atomic mass is 9.96. The van der Waals surface area contributed by atoms with Gasteiger partial charge in [-0.1, -0.05) is 45.4 Å². The molecule has 0 rings (SSSR count). The molecule has 0 heterocycles. The largest absolute Gasteiger partial charge is 0.397 e. The van der Waals surface area contributed by atoms with Gasteiger partial charge in [-0.15, -0.1) is 0 Å². The van der Waals surface area contributed by atoms with E-state index in [0.29, 0.717) is 13.0 Å².